The second-order valence-electron chi connectivity index (χ2n) is 13.3. The number of fused-ring (bicyclic) bond motifs is 2. The zero-order valence-electron chi connectivity index (χ0n) is 29.8. The van der Waals surface area contributed by atoms with Gasteiger partial charge in [0.1, 0.15) is 11.5 Å². The van der Waals surface area contributed by atoms with Crippen molar-refractivity contribution in [3.8, 4) is 11.5 Å². The lowest BCUT2D eigenvalue weighted by molar-refractivity contribution is -0.138. The van der Waals surface area contributed by atoms with Gasteiger partial charge in [-0.3, -0.25) is 0 Å². The molecule has 1 heterocycles. The first kappa shape index (κ1) is 41.6. The summed E-state index contributed by atoms with van der Waals surface area (Å²) in [4.78, 5) is 1.16. The minimum Gasteiger partial charge on any atom is -0.454 e. The zero-order chi connectivity index (χ0) is 41.9. The van der Waals surface area contributed by atoms with Crippen molar-refractivity contribution >= 4 is 59.4 Å². The molecule has 1 aliphatic heterocycles. The third-order valence-corrected chi connectivity index (χ3v) is 15.0. The highest BCUT2D eigenvalue weighted by Gasteiger charge is 2.36. The van der Waals surface area contributed by atoms with Crippen molar-refractivity contribution in [2.24, 2.45) is 0 Å². The quantitative estimate of drug-likeness (QED) is 0.122. The van der Waals surface area contributed by atoms with Crippen LogP contribution in [-0.4, -0.2) is 0 Å². The van der Waals surface area contributed by atoms with Gasteiger partial charge < -0.3 is 4.74 Å². The fourth-order valence-electron chi connectivity index (χ4n) is 6.40. The maximum atomic E-state index is 13.6. The van der Waals surface area contributed by atoms with E-state index < -0.39 is 62.8 Å². The second kappa shape index (κ2) is 15.3. The van der Waals surface area contributed by atoms with Crippen LogP contribution in [-0.2, 0) is 24.7 Å². The molecule has 0 unspecified atom stereocenters. The van der Waals surface area contributed by atoms with Crippen LogP contribution in [0.5, 0.6) is 11.5 Å². The summed E-state index contributed by atoms with van der Waals surface area (Å²) >= 11 is 1.28. The molecule has 6 aromatic rings. The Morgan fingerprint density at radius 1 is 0.379 bits per heavy atom. The summed E-state index contributed by atoms with van der Waals surface area (Å²) in [6.45, 7) is 3.56. The van der Waals surface area contributed by atoms with E-state index in [4.69, 9.17) is 4.74 Å². The molecule has 0 atom stereocenters. The molecule has 0 aromatic heterocycles. The van der Waals surface area contributed by atoms with Crippen molar-refractivity contribution in [3.63, 3.8) is 0 Å². The molecule has 0 fully saturated rings. The van der Waals surface area contributed by atoms with E-state index in [-0.39, 0.29) is 11.5 Å². The fraction of sp³-hybridized carbons (Fsp3) is 0.143. The van der Waals surface area contributed by atoms with Crippen LogP contribution in [0.3, 0.4) is 0 Å². The van der Waals surface area contributed by atoms with Gasteiger partial charge in [0.15, 0.2) is 0 Å². The number of aryl methyl sites for hydroxylation is 2. The molecule has 0 bridgehead atoms. The van der Waals surface area contributed by atoms with Crippen molar-refractivity contribution in [1.29, 1.82) is 0 Å². The van der Waals surface area contributed by atoms with Crippen molar-refractivity contribution in [2.45, 2.75) is 48.3 Å². The predicted molar refractivity (Wildman–Crippen MR) is 204 cm³/mol. The standard InChI is InChI=1S/C42H26F12OP2S/c1-23-19-33(56(29-11-3-25(4-12-29)39(43,44)45)30-13-5-26(6-14-30)40(46,47)48)37-35(21-23)58-36-22-24(2)20-34(38(36)55-37)57(31-15-7-27(8-16-31)41(49,50)51)32-17-9-28(10-18-32)42(52,53)54/h3-22H,1-2H3. The van der Waals surface area contributed by atoms with Gasteiger partial charge >= 0.3 is 24.7 Å². The van der Waals surface area contributed by atoms with E-state index in [0.29, 0.717) is 52.7 Å². The van der Waals surface area contributed by atoms with E-state index in [9.17, 15) is 52.7 Å². The maximum Gasteiger partial charge on any atom is 0.416 e. The monoisotopic (exact) mass is 868 g/mol. The molecule has 0 radical (unpaired) electrons. The van der Waals surface area contributed by atoms with Gasteiger partial charge in [0.05, 0.1) is 32.0 Å². The molecule has 0 saturated carbocycles. The Bertz CT molecular complexity index is 2170. The maximum absolute atomic E-state index is 13.6. The fourth-order valence-corrected chi connectivity index (χ4v) is 12.7. The summed E-state index contributed by atoms with van der Waals surface area (Å²) < 4.78 is 170. The molecule has 6 aromatic carbocycles. The molecule has 300 valence electrons. The number of alkyl halides is 12. The second-order valence-corrected chi connectivity index (χ2v) is 18.7. The lowest BCUT2D eigenvalue weighted by atomic mass is 10.2. The van der Waals surface area contributed by atoms with Crippen molar-refractivity contribution < 1.29 is 57.4 Å². The Morgan fingerprint density at radius 3 is 0.845 bits per heavy atom. The molecule has 0 aliphatic carbocycles. The number of ether oxygens (including phenoxy) is 1. The van der Waals surface area contributed by atoms with E-state index in [1.165, 1.54) is 60.3 Å². The Balaban J connectivity index is 1.42. The summed E-state index contributed by atoms with van der Waals surface area (Å²) in [5.74, 6) is 0.516. The van der Waals surface area contributed by atoms with Crippen LogP contribution in [0.25, 0.3) is 0 Å². The van der Waals surface area contributed by atoms with Crippen LogP contribution in [0.4, 0.5) is 52.7 Å². The number of benzene rings is 6. The molecule has 1 aliphatic rings. The van der Waals surface area contributed by atoms with E-state index in [1.807, 2.05) is 12.1 Å². The minimum atomic E-state index is -4.66. The molecule has 7 rings (SSSR count). The van der Waals surface area contributed by atoms with Gasteiger partial charge in [0.2, 0.25) is 0 Å². The Hall–Kier alpha value is -4.51. The largest absolute Gasteiger partial charge is 0.454 e. The summed E-state index contributed by atoms with van der Waals surface area (Å²) in [5, 5.41) is 2.41. The first-order valence-electron chi connectivity index (χ1n) is 17.0. The van der Waals surface area contributed by atoms with E-state index >= 15 is 0 Å². The van der Waals surface area contributed by atoms with Gasteiger partial charge in [-0.1, -0.05) is 60.3 Å². The van der Waals surface area contributed by atoms with E-state index in [1.54, 1.807) is 26.0 Å². The highest BCUT2D eigenvalue weighted by Crippen LogP contribution is 2.53. The van der Waals surface area contributed by atoms with Crippen LogP contribution >= 0.6 is 27.6 Å². The van der Waals surface area contributed by atoms with Crippen LogP contribution in [0, 0.1) is 13.8 Å². The van der Waals surface area contributed by atoms with Gasteiger partial charge in [-0.2, -0.15) is 52.7 Å². The molecule has 0 N–H and O–H groups in total. The third kappa shape index (κ3) is 8.61. The molecule has 58 heavy (non-hydrogen) atoms. The molecule has 1 nitrogen and oxygen atoms in total. The lowest BCUT2D eigenvalue weighted by Crippen LogP contribution is -2.26. The molecule has 0 spiro atoms. The SMILES string of the molecule is Cc1cc2c(c(P(c3ccc(C(F)(F)F)cc3)c3ccc(C(F)(F)F)cc3)c1)Oc1c(cc(C)cc1P(c1ccc(C(F)(F)F)cc1)c1ccc(C(F)(F)F)cc1)S2. The van der Waals surface area contributed by atoms with Crippen LogP contribution in [0.1, 0.15) is 33.4 Å². The van der Waals surface area contributed by atoms with Gasteiger partial charge in [0.25, 0.3) is 0 Å². The third-order valence-electron chi connectivity index (χ3n) is 9.08. The average molecular weight is 869 g/mol. The normalized spacial score (nSPS) is 13.4. The van der Waals surface area contributed by atoms with Gasteiger partial charge in [-0.15, -0.1) is 0 Å². The predicted octanol–water partition coefficient (Wildman–Crippen LogP) is 12.2. The smallest absolute Gasteiger partial charge is 0.416 e. The van der Waals surface area contributed by atoms with Crippen molar-refractivity contribution in [1.82, 2.24) is 0 Å². The van der Waals surface area contributed by atoms with Gasteiger partial charge in [-0.25, -0.2) is 0 Å². The molecule has 16 heteroatoms. The molecule has 0 saturated heterocycles. The summed E-state index contributed by atoms with van der Waals surface area (Å²) in [5.41, 5.74) is -2.28. The summed E-state index contributed by atoms with van der Waals surface area (Å²) in [7, 11) is -3.78. The first-order valence-corrected chi connectivity index (χ1v) is 20.5. The van der Waals surface area contributed by atoms with E-state index in [2.05, 4.69) is 0 Å². The number of rotatable bonds is 6. The molecule has 0 amide bonds. The van der Waals surface area contributed by atoms with Crippen LogP contribution in [0.2, 0.25) is 0 Å². The molecular weight excluding hydrogens is 842 g/mol. The number of hydrogen-bond acceptors (Lipinski definition) is 2. The zero-order valence-corrected chi connectivity index (χ0v) is 32.4. The van der Waals surface area contributed by atoms with Crippen LogP contribution in [0.15, 0.2) is 131 Å². The highest BCUT2D eigenvalue weighted by atomic mass is 32.2. The topological polar surface area (TPSA) is 9.23 Å². The number of halogens is 12. The molecular formula is C42H26F12OP2S. The highest BCUT2D eigenvalue weighted by molar-refractivity contribution is 7.99. The lowest BCUT2D eigenvalue weighted by Gasteiger charge is -2.31. The first-order chi connectivity index (χ1) is 27.1. The van der Waals surface area contributed by atoms with Crippen LogP contribution < -0.4 is 36.6 Å². The summed E-state index contributed by atoms with van der Waals surface area (Å²) in [6, 6.07) is 24.4. The van der Waals surface area contributed by atoms with Gasteiger partial charge in [0, 0.05) is 10.6 Å². The number of hydrogen-bond donors (Lipinski definition) is 0. The van der Waals surface area contributed by atoms with E-state index in [0.717, 1.165) is 48.5 Å². The van der Waals surface area contributed by atoms with Crippen molar-refractivity contribution in [2.75, 3.05) is 0 Å². The summed E-state index contributed by atoms with van der Waals surface area (Å²) in [6.07, 6.45) is -18.6. The Kier molecular flexibility index (Phi) is 11.0. The average Bonchev–Trinajstić information content (AvgIpc) is 3.14. The Labute approximate surface area is 330 Å². The van der Waals surface area contributed by atoms with Crippen molar-refractivity contribution in [3.05, 3.63) is 155 Å². The van der Waals surface area contributed by atoms with Gasteiger partial charge in [-0.05, 0) is 135 Å². The minimum absolute atomic E-state index is 0.258. The Morgan fingerprint density at radius 2 is 0.621 bits per heavy atom.